The minimum Gasteiger partial charge on any atom is -0.475 e. The van der Waals surface area contributed by atoms with E-state index in [1.54, 1.807) is 6.07 Å². The number of furan rings is 1. The Morgan fingerprint density at radius 2 is 2.12 bits per heavy atom. The Hall–Kier alpha value is -1.33. The molecule has 1 heterocycles. The number of carboxylic acid groups (broad SMARTS) is 1. The second kappa shape index (κ2) is 7.03. The second-order valence-electron chi connectivity index (χ2n) is 3.53. The van der Waals surface area contributed by atoms with Crippen molar-refractivity contribution in [1.82, 2.24) is 5.32 Å². The van der Waals surface area contributed by atoms with Gasteiger partial charge in [-0.15, -0.1) is 0 Å². The van der Waals surface area contributed by atoms with E-state index in [-0.39, 0.29) is 12.4 Å². The monoisotopic (exact) mass is 227 g/mol. The van der Waals surface area contributed by atoms with Crippen LogP contribution in [0, 0.1) is 0 Å². The summed E-state index contributed by atoms with van der Waals surface area (Å²) >= 11 is 0. The molecule has 16 heavy (non-hydrogen) atoms. The van der Waals surface area contributed by atoms with Crippen molar-refractivity contribution in [3.8, 4) is 0 Å². The van der Waals surface area contributed by atoms with Crippen LogP contribution in [0.25, 0.3) is 0 Å². The number of aromatic carboxylic acids is 1. The first-order valence-electron chi connectivity index (χ1n) is 5.37. The molecule has 0 atom stereocenters. The number of hydrogen-bond donors (Lipinski definition) is 3. The summed E-state index contributed by atoms with van der Waals surface area (Å²) in [6.07, 6.45) is 2.81. The lowest BCUT2D eigenvalue weighted by molar-refractivity contribution is 0.0660. The largest absolute Gasteiger partial charge is 0.475 e. The van der Waals surface area contributed by atoms with Gasteiger partial charge < -0.3 is 19.9 Å². The van der Waals surface area contributed by atoms with Crippen molar-refractivity contribution in [3.05, 3.63) is 23.7 Å². The normalized spacial score (nSPS) is 10.6. The van der Waals surface area contributed by atoms with Crippen molar-refractivity contribution in [1.29, 1.82) is 0 Å². The summed E-state index contributed by atoms with van der Waals surface area (Å²) in [6.45, 7) is 1.61. The predicted molar refractivity (Wildman–Crippen MR) is 58.3 cm³/mol. The summed E-state index contributed by atoms with van der Waals surface area (Å²) in [5.41, 5.74) is 0. The maximum absolute atomic E-state index is 10.5. The van der Waals surface area contributed by atoms with E-state index in [0.29, 0.717) is 12.3 Å². The van der Waals surface area contributed by atoms with Gasteiger partial charge in [0.25, 0.3) is 0 Å². The van der Waals surface area contributed by atoms with Crippen LogP contribution in [0.15, 0.2) is 16.5 Å². The molecule has 5 heteroatoms. The van der Waals surface area contributed by atoms with Gasteiger partial charge in [0.2, 0.25) is 5.76 Å². The van der Waals surface area contributed by atoms with E-state index in [1.165, 1.54) is 6.07 Å². The molecule has 3 N–H and O–H groups in total. The SMILES string of the molecule is O=C(O)c1ccc(CNCCCCCO)o1. The molecule has 0 saturated heterocycles. The van der Waals surface area contributed by atoms with Crippen molar-refractivity contribution in [2.45, 2.75) is 25.8 Å². The molecule has 0 aliphatic carbocycles. The van der Waals surface area contributed by atoms with Gasteiger partial charge in [-0.05, 0) is 37.9 Å². The van der Waals surface area contributed by atoms with Gasteiger partial charge in [-0.3, -0.25) is 0 Å². The van der Waals surface area contributed by atoms with Gasteiger partial charge in [0.1, 0.15) is 5.76 Å². The zero-order valence-corrected chi connectivity index (χ0v) is 9.11. The van der Waals surface area contributed by atoms with E-state index in [9.17, 15) is 4.79 Å². The Kier molecular flexibility index (Phi) is 5.60. The van der Waals surface area contributed by atoms with Crippen LogP contribution < -0.4 is 5.32 Å². The number of aliphatic hydroxyl groups is 1. The van der Waals surface area contributed by atoms with E-state index in [1.807, 2.05) is 0 Å². The van der Waals surface area contributed by atoms with Gasteiger partial charge in [-0.2, -0.15) is 0 Å². The van der Waals surface area contributed by atoms with Gasteiger partial charge in [-0.25, -0.2) is 4.79 Å². The van der Waals surface area contributed by atoms with Crippen LogP contribution in [0.5, 0.6) is 0 Å². The van der Waals surface area contributed by atoms with Crippen LogP contribution in [0.3, 0.4) is 0 Å². The lowest BCUT2D eigenvalue weighted by Crippen LogP contribution is -2.14. The third-order valence-electron chi connectivity index (χ3n) is 2.18. The molecule has 0 saturated carbocycles. The van der Waals surface area contributed by atoms with Crippen molar-refractivity contribution < 1.29 is 19.4 Å². The van der Waals surface area contributed by atoms with Crippen molar-refractivity contribution >= 4 is 5.97 Å². The van der Waals surface area contributed by atoms with E-state index in [2.05, 4.69) is 5.32 Å². The zero-order chi connectivity index (χ0) is 11.8. The highest BCUT2D eigenvalue weighted by atomic mass is 16.4. The zero-order valence-electron chi connectivity index (χ0n) is 9.11. The van der Waals surface area contributed by atoms with Gasteiger partial charge in [0, 0.05) is 6.61 Å². The topological polar surface area (TPSA) is 82.7 Å². The fourth-order valence-electron chi connectivity index (χ4n) is 1.34. The van der Waals surface area contributed by atoms with E-state index in [4.69, 9.17) is 14.6 Å². The highest BCUT2D eigenvalue weighted by Crippen LogP contribution is 2.07. The third-order valence-corrected chi connectivity index (χ3v) is 2.18. The first-order valence-corrected chi connectivity index (χ1v) is 5.37. The number of hydrogen-bond acceptors (Lipinski definition) is 4. The van der Waals surface area contributed by atoms with Crippen LogP contribution >= 0.6 is 0 Å². The summed E-state index contributed by atoms with van der Waals surface area (Å²) in [5.74, 6) is -0.453. The van der Waals surface area contributed by atoms with Crippen molar-refractivity contribution in [2.24, 2.45) is 0 Å². The van der Waals surface area contributed by atoms with Crippen molar-refractivity contribution in [2.75, 3.05) is 13.2 Å². The molecule has 1 aromatic heterocycles. The Morgan fingerprint density at radius 3 is 2.75 bits per heavy atom. The average molecular weight is 227 g/mol. The molecule has 0 unspecified atom stereocenters. The molecule has 0 aromatic carbocycles. The molecule has 5 nitrogen and oxygen atoms in total. The first kappa shape index (κ1) is 12.7. The number of aliphatic hydroxyl groups excluding tert-OH is 1. The van der Waals surface area contributed by atoms with E-state index in [0.717, 1.165) is 25.8 Å². The quantitative estimate of drug-likeness (QED) is 0.582. The Morgan fingerprint density at radius 1 is 1.31 bits per heavy atom. The Labute approximate surface area is 94.1 Å². The summed E-state index contributed by atoms with van der Waals surface area (Å²) < 4.78 is 5.07. The minimum atomic E-state index is -1.05. The van der Waals surface area contributed by atoms with E-state index < -0.39 is 5.97 Å². The van der Waals surface area contributed by atoms with Gasteiger partial charge >= 0.3 is 5.97 Å². The first-order chi connectivity index (χ1) is 7.74. The average Bonchev–Trinajstić information content (AvgIpc) is 2.72. The fraction of sp³-hybridized carbons (Fsp3) is 0.545. The van der Waals surface area contributed by atoms with Crippen LogP contribution in [0.2, 0.25) is 0 Å². The summed E-state index contributed by atoms with van der Waals surface area (Å²) in [4.78, 5) is 10.5. The molecule has 0 bridgehead atoms. The molecule has 0 fully saturated rings. The highest BCUT2D eigenvalue weighted by Gasteiger charge is 2.07. The third kappa shape index (κ3) is 4.46. The summed E-state index contributed by atoms with van der Waals surface area (Å²) in [6, 6.07) is 3.11. The molecular weight excluding hydrogens is 210 g/mol. The predicted octanol–water partition coefficient (Wildman–Crippen LogP) is 1.23. The molecule has 90 valence electrons. The Bertz CT molecular complexity index is 322. The highest BCUT2D eigenvalue weighted by molar-refractivity contribution is 5.84. The summed E-state index contributed by atoms with van der Waals surface area (Å²) in [5, 5.41) is 20.3. The Balaban J connectivity index is 2.14. The fourth-order valence-corrected chi connectivity index (χ4v) is 1.34. The smallest absolute Gasteiger partial charge is 0.371 e. The molecular formula is C11H17NO4. The number of carbonyl (C=O) groups is 1. The van der Waals surface area contributed by atoms with Gasteiger partial charge in [0.05, 0.1) is 6.54 Å². The lowest BCUT2D eigenvalue weighted by Gasteiger charge is -2.01. The molecule has 0 amide bonds. The van der Waals surface area contributed by atoms with Crippen molar-refractivity contribution in [3.63, 3.8) is 0 Å². The van der Waals surface area contributed by atoms with Crippen LogP contribution in [0.1, 0.15) is 35.6 Å². The molecule has 0 aliphatic rings. The number of rotatable bonds is 8. The standard InChI is InChI=1S/C11H17NO4/c13-7-3-1-2-6-12-8-9-4-5-10(16-9)11(14)15/h4-5,12-13H,1-3,6-8H2,(H,14,15). The maximum atomic E-state index is 10.5. The van der Waals surface area contributed by atoms with Gasteiger partial charge in [0.15, 0.2) is 0 Å². The van der Waals surface area contributed by atoms with Crippen LogP contribution in [-0.2, 0) is 6.54 Å². The number of unbranched alkanes of at least 4 members (excludes halogenated alkanes) is 2. The minimum absolute atomic E-state index is 0.0305. The lowest BCUT2D eigenvalue weighted by atomic mass is 10.2. The molecule has 0 spiro atoms. The van der Waals surface area contributed by atoms with Crippen LogP contribution in [0.4, 0.5) is 0 Å². The molecule has 0 aliphatic heterocycles. The van der Waals surface area contributed by atoms with E-state index >= 15 is 0 Å². The molecule has 0 radical (unpaired) electrons. The van der Waals surface area contributed by atoms with Crippen LogP contribution in [-0.4, -0.2) is 29.3 Å². The summed E-state index contributed by atoms with van der Waals surface area (Å²) in [7, 11) is 0. The molecule has 1 rings (SSSR count). The second-order valence-corrected chi connectivity index (χ2v) is 3.53. The molecule has 1 aromatic rings. The number of carboxylic acids is 1. The maximum Gasteiger partial charge on any atom is 0.371 e. The van der Waals surface area contributed by atoms with Gasteiger partial charge in [-0.1, -0.05) is 0 Å². The number of nitrogens with one attached hydrogen (secondary N) is 1.